The molecule has 2 rings (SSSR count). The summed E-state index contributed by atoms with van der Waals surface area (Å²) < 4.78 is 0. The van der Waals surface area contributed by atoms with Gasteiger partial charge in [0.25, 0.3) is 0 Å². The van der Waals surface area contributed by atoms with Crippen molar-refractivity contribution in [1.82, 2.24) is 10.2 Å². The third-order valence-corrected chi connectivity index (χ3v) is 2.12. The largest absolute Gasteiger partial charge is 0.397 e. The van der Waals surface area contributed by atoms with Crippen LogP contribution in [0.1, 0.15) is 12.5 Å². The van der Waals surface area contributed by atoms with Gasteiger partial charge in [0.2, 0.25) is 0 Å². The van der Waals surface area contributed by atoms with Gasteiger partial charge in [0.05, 0.1) is 11.9 Å². The van der Waals surface area contributed by atoms with E-state index in [1.165, 1.54) is 5.56 Å². The summed E-state index contributed by atoms with van der Waals surface area (Å²) >= 11 is 0. The first-order valence-corrected chi connectivity index (χ1v) is 4.31. The number of fused-ring (bicyclic) bond motifs is 1. The second kappa shape index (κ2) is 3.01. The van der Waals surface area contributed by atoms with Crippen LogP contribution >= 0.6 is 0 Å². The molecule has 13 heavy (non-hydrogen) atoms. The maximum absolute atomic E-state index is 5.83. The first kappa shape index (κ1) is 7.98. The van der Waals surface area contributed by atoms with Crippen molar-refractivity contribution in [1.29, 1.82) is 0 Å². The molecule has 2 N–H and O–H groups in total. The Morgan fingerprint density at radius 3 is 3.00 bits per heavy atom. The van der Waals surface area contributed by atoms with E-state index in [0.29, 0.717) is 5.69 Å². The summed E-state index contributed by atoms with van der Waals surface area (Å²) in [5, 5.41) is 8.84. The van der Waals surface area contributed by atoms with E-state index in [1.807, 2.05) is 12.1 Å². The first-order valence-electron chi connectivity index (χ1n) is 4.31. The molecule has 0 spiro atoms. The van der Waals surface area contributed by atoms with Crippen molar-refractivity contribution in [2.24, 2.45) is 0 Å². The van der Waals surface area contributed by atoms with Crippen molar-refractivity contribution in [2.45, 2.75) is 13.3 Å². The van der Waals surface area contributed by atoms with Crippen LogP contribution in [0.2, 0.25) is 0 Å². The zero-order chi connectivity index (χ0) is 9.26. The Kier molecular flexibility index (Phi) is 1.85. The summed E-state index contributed by atoms with van der Waals surface area (Å²) in [6, 6.07) is 5.98. The van der Waals surface area contributed by atoms with Crippen molar-refractivity contribution >= 4 is 16.6 Å². The highest BCUT2D eigenvalue weighted by molar-refractivity contribution is 5.89. The van der Waals surface area contributed by atoms with Crippen LogP contribution in [0.15, 0.2) is 24.4 Å². The van der Waals surface area contributed by atoms with Crippen LogP contribution < -0.4 is 5.73 Å². The number of aromatic nitrogens is 2. The molecule has 0 atom stereocenters. The summed E-state index contributed by atoms with van der Waals surface area (Å²) in [6.07, 6.45) is 2.67. The van der Waals surface area contributed by atoms with Gasteiger partial charge in [0.1, 0.15) is 5.52 Å². The van der Waals surface area contributed by atoms with Gasteiger partial charge in [-0.1, -0.05) is 6.92 Å². The fourth-order valence-electron chi connectivity index (χ4n) is 1.40. The molecule has 0 aliphatic carbocycles. The van der Waals surface area contributed by atoms with Gasteiger partial charge < -0.3 is 5.73 Å². The van der Waals surface area contributed by atoms with Crippen LogP contribution in [-0.2, 0) is 6.42 Å². The number of nitrogens with two attached hydrogens (primary N) is 1. The zero-order valence-corrected chi connectivity index (χ0v) is 7.49. The standard InChI is InChI=1S/C10H11N3/c1-2-7-5-8-3-4-12-13-10(8)9(11)6-7/h3-6H,2,11H2,1H3. The molecule has 0 amide bonds. The van der Waals surface area contributed by atoms with E-state index in [2.05, 4.69) is 23.2 Å². The van der Waals surface area contributed by atoms with E-state index in [1.54, 1.807) is 6.20 Å². The summed E-state index contributed by atoms with van der Waals surface area (Å²) in [4.78, 5) is 0. The predicted octanol–water partition coefficient (Wildman–Crippen LogP) is 1.77. The number of hydrogen-bond acceptors (Lipinski definition) is 3. The van der Waals surface area contributed by atoms with Crippen LogP contribution in [0.25, 0.3) is 10.9 Å². The number of anilines is 1. The van der Waals surface area contributed by atoms with Crippen molar-refractivity contribution in [3.05, 3.63) is 30.0 Å². The van der Waals surface area contributed by atoms with Crippen LogP contribution in [0.5, 0.6) is 0 Å². The molecule has 0 fully saturated rings. The monoisotopic (exact) mass is 173 g/mol. The van der Waals surface area contributed by atoms with E-state index in [0.717, 1.165) is 17.3 Å². The second-order valence-electron chi connectivity index (χ2n) is 3.01. The Labute approximate surface area is 76.6 Å². The van der Waals surface area contributed by atoms with Crippen molar-refractivity contribution in [3.63, 3.8) is 0 Å². The van der Waals surface area contributed by atoms with Gasteiger partial charge >= 0.3 is 0 Å². The third-order valence-electron chi connectivity index (χ3n) is 2.12. The minimum absolute atomic E-state index is 0.711. The Bertz CT molecular complexity index is 437. The molecule has 0 radical (unpaired) electrons. The van der Waals surface area contributed by atoms with E-state index >= 15 is 0 Å². The molecular formula is C10H11N3. The molecule has 0 saturated carbocycles. The molecule has 1 aromatic carbocycles. The summed E-state index contributed by atoms with van der Waals surface area (Å²) in [5.74, 6) is 0. The average molecular weight is 173 g/mol. The van der Waals surface area contributed by atoms with Gasteiger partial charge in [-0.3, -0.25) is 0 Å². The molecule has 0 saturated heterocycles. The molecule has 0 aliphatic heterocycles. The highest BCUT2D eigenvalue weighted by Crippen LogP contribution is 2.20. The van der Waals surface area contributed by atoms with E-state index < -0.39 is 0 Å². The fourth-order valence-corrected chi connectivity index (χ4v) is 1.40. The second-order valence-corrected chi connectivity index (χ2v) is 3.01. The topological polar surface area (TPSA) is 51.8 Å². The predicted molar refractivity (Wildman–Crippen MR) is 53.3 cm³/mol. The van der Waals surface area contributed by atoms with E-state index in [9.17, 15) is 0 Å². The number of nitrogen functional groups attached to an aromatic ring is 1. The van der Waals surface area contributed by atoms with Crippen LogP contribution in [0.3, 0.4) is 0 Å². The Morgan fingerprint density at radius 2 is 2.23 bits per heavy atom. The molecule has 3 nitrogen and oxygen atoms in total. The Morgan fingerprint density at radius 1 is 1.38 bits per heavy atom. The number of nitrogens with zero attached hydrogens (tertiary/aromatic N) is 2. The fraction of sp³-hybridized carbons (Fsp3) is 0.200. The number of rotatable bonds is 1. The van der Waals surface area contributed by atoms with Gasteiger partial charge in [0, 0.05) is 5.39 Å². The van der Waals surface area contributed by atoms with Crippen LogP contribution in [-0.4, -0.2) is 10.2 Å². The SMILES string of the molecule is CCc1cc(N)c2nnccc2c1. The maximum Gasteiger partial charge on any atom is 0.116 e. The Hall–Kier alpha value is -1.64. The summed E-state index contributed by atoms with van der Waals surface area (Å²) in [6.45, 7) is 2.11. The number of benzene rings is 1. The van der Waals surface area contributed by atoms with Gasteiger partial charge in [-0.05, 0) is 30.2 Å². The quantitative estimate of drug-likeness (QED) is 0.669. The lowest BCUT2D eigenvalue weighted by Crippen LogP contribution is -1.93. The minimum atomic E-state index is 0.711. The van der Waals surface area contributed by atoms with Crippen LogP contribution in [0.4, 0.5) is 5.69 Å². The summed E-state index contributed by atoms with van der Waals surface area (Å²) in [5.41, 5.74) is 8.57. The summed E-state index contributed by atoms with van der Waals surface area (Å²) in [7, 11) is 0. The minimum Gasteiger partial charge on any atom is -0.397 e. The molecule has 3 heteroatoms. The first-order chi connectivity index (χ1) is 6.31. The highest BCUT2D eigenvalue weighted by Gasteiger charge is 2.00. The lowest BCUT2D eigenvalue weighted by molar-refractivity contribution is 1.07. The maximum atomic E-state index is 5.83. The molecule has 0 unspecified atom stereocenters. The van der Waals surface area contributed by atoms with E-state index in [-0.39, 0.29) is 0 Å². The number of aryl methyl sites for hydroxylation is 1. The molecule has 1 aromatic heterocycles. The van der Waals surface area contributed by atoms with Gasteiger partial charge in [-0.15, -0.1) is 5.10 Å². The van der Waals surface area contributed by atoms with Crippen LogP contribution in [0, 0.1) is 0 Å². The average Bonchev–Trinajstić information content (AvgIpc) is 2.18. The van der Waals surface area contributed by atoms with Gasteiger partial charge in [0.15, 0.2) is 0 Å². The van der Waals surface area contributed by atoms with Gasteiger partial charge in [-0.25, -0.2) is 0 Å². The highest BCUT2D eigenvalue weighted by atomic mass is 15.1. The zero-order valence-electron chi connectivity index (χ0n) is 7.49. The van der Waals surface area contributed by atoms with Gasteiger partial charge in [-0.2, -0.15) is 5.10 Å². The Balaban J connectivity index is 2.77. The lowest BCUT2D eigenvalue weighted by atomic mass is 10.1. The third kappa shape index (κ3) is 1.33. The normalized spacial score (nSPS) is 10.5. The van der Waals surface area contributed by atoms with Crippen molar-refractivity contribution < 1.29 is 0 Å². The smallest absolute Gasteiger partial charge is 0.116 e. The van der Waals surface area contributed by atoms with E-state index in [4.69, 9.17) is 5.73 Å². The molecular weight excluding hydrogens is 162 g/mol. The number of hydrogen-bond donors (Lipinski definition) is 1. The van der Waals surface area contributed by atoms with Crippen molar-refractivity contribution in [2.75, 3.05) is 5.73 Å². The molecule has 0 bridgehead atoms. The molecule has 2 aromatic rings. The molecule has 1 heterocycles. The van der Waals surface area contributed by atoms with Crippen molar-refractivity contribution in [3.8, 4) is 0 Å². The lowest BCUT2D eigenvalue weighted by Gasteiger charge is -2.02. The molecule has 0 aliphatic rings. The molecule has 66 valence electrons.